The van der Waals surface area contributed by atoms with Gasteiger partial charge in [0.05, 0.1) is 0 Å². The number of likely N-dealkylation sites (tertiary alicyclic amines) is 1. The van der Waals surface area contributed by atoms with Gasteiger partial charge in [-0.25, -0.2) is 4.79 Å². The van der Waals surface area contributed by atoms with E-state index in [1.54, 1.807) is 30.3 Å². The van der Waals surface area contributed by atoms with Crippen LogP contribution in [0.25, 0.3) is 0 Å². The largest absolute Gasteiger partial charge is 0.445 e. The molecule has 1 amide bonds. The quantitative estimate of drug-likeness (QED) is 0.914. The van der Waals surface area contributed by atoms with Gasteiger partial charge in [0.1, 0.15) is 12.6 Å². The summed E-state index contributed by atoms with van der Waals surface area (Å²) in [4.78, 5) is 12.6. The van der Waals surface area contributed by atoms with E-state index in [2.05, 4.69) is 0 Å². The SMILES string of the molecule is NC1CCN(C(=O)OCc2ccccc2)C(C(F)(F)F)C1. The first kappa shape index (κ1) is 15.6. The van der Waals surface area contributed by atoms with Gasteiger partial charge in [-0.2, -0.15) is 13.2 Å². The second kappa shape index (κ2) is 6.34. The Labute approximate surface area is 120 Å². The monoisotopic (exact) mass is 302 g/mol. The number of carbonyl (C=O) groups is 1. The lowest BCUT2D eigenvalue weighted by atomic mass is 9.98. The maximum absolute atomic E-state index is 13.0. The first-order valence-electron chi connectivity index (χ1n) is 6.67. The molecule has 2 N–H and O–H groups in total. The number of halogens is 3. The fourth-order valence-corrected chi connectivity index (χ4v) is 2.32. The van der Waals surface area contributed by atoms with E-state index in [1.807, 2.05) is 0 Å². The molecule has 2 rings (SSSR count). The van der Waals surface area contributed by atoms with Crippen molar-refractivity contribution in [2.24, 2.45) is 5.73 Å². The van der Waals surface area contributed by atoms with Crippen molar-refractivity contribution < 1.29 is 22.7 Å². The number of piperidine rings is 1. The minimum absolute atomic E-state index is 0.0427. The van der Waals surface area contributed by atoms with Crippen LogP contribution in [-0.2, 0) is 11.3 Å². The molecule has 21 heavy (non-hydrogen) atoms. The molecule has 1 aromatic carbocycles. The summed E-state index contributed by atoms with van der Waals surface area (Å²) < 4.78 is 43.9. The Kier molecular flexibility index (Phi) is 4.72. The first-order valence-corrected chi connectivity index (χ1v) is 6.67. The summed E-state index contributed by atoms with van der Waals surface area (Å²) in [6, 6.07) is 6.39. The van der Waals surface area contributed by atoms with Crippen molar-refractivity contribution in [2.45, 2.75) is 37.7 Å². The number of alkyl halides is 3. The summed E-state index contributed by atoms with van der Waals surface area (Å²) in [6.07, 6.45) is -5.39. The van der Waals surface area contributed by atoms with E-state index in [0.717, 1.165) is 10.5 Å². The van der Waals surface area contributed by atoms with Crippen LogP contribution >= 0.6 is 0 Å². The number of rotatable bonds is 2. The summed E-state index contributed by atoms with van der Waals surface area (Å²) >= 11 is 0. The number of hydrogen-bond acceptors (Lipinski definition) is 3. The molecule has 0 spiro atoms. The van der Waals surface area contributed by atoms with Crippen molar-refractivity contribution in [2.75, 3.05) is 6.54 Å². The lowest BCUT2D eigenvalue weighted by molar-refractivity contribution is -0.187. The van der Waals surface area contributed by atoms with Gasteiger partial charge < -0.3 is 10.5 Å². The van der Waals surface area contributed by atoms with Crippen LogP contribution in [0.2, 0.25) is 0 Å². The predicted octanol–water partition coefficient (Wildman–Crippen LogP) is 2.68. The van der Waals surface area contributed by atoms with E-state index in [1.165, 1.54) is 0 Å². The minimum Gasteiger partial charge on any atom is -0.445 e. The molecule has 0 aliphatic carbocycles. The van der Waals surface area contributed by atoms with Gasteiger partial charge in [-0.1, -0.05) is 30.3 Å². The number of benzene rings is 1. The molecule has 0 saturated carbocycles. The zero-order valence-corrected chi connectivity index (χ0v) is 11.3. The third kappa shape index (κ3) is 4.10. The molecule has 0 radical (unpaired) electrons. The summed E-state index contributed by atoms with van der Waals surface area (Å²) in [6.45, 7) is -0.0915. The van der Waals surface area contributed by atoms with Crippen LogP contribution in [-0.4, -0.2) is 35.8 Å². The highest BCUT2D eigenvalue weighted by Crippen LogP contribution is 2.32. The summed E-state index contributed by atoms with van der Waals surface area (Å²) in [5.74, 6) is 0. The fourth-order valence-electron chi connectivity index (χ4n) is 2.32. The first-order chi connectivity index (χ1) is 9.88. The number of nitrogens with zero attached hydrogens (tertiary/aromatic N) is 1. The Morgan fingerprint density at radius 1 is 1.33 bits per heavy atom. The molecule has 116 valence electrons. The van der Waals surface area contributed by atoms with E-state index >= 15 is 0 Å². The molecule has 0 aromatic heterocycles. The summed E-state index contributed by atoms with van der Waals surface area (Å²) in [5.41, 5.74) is 6.30. The zero-order chi connectivity index (χ0) is 15.5. The van der Waals surface area contributed by atoms with Gasteiger partial charge in [-0.3, -0.25) is 4.90 Å². The third-order valence-electron chi connectivity index (χ3n) is 3.46. The fraction of sp³-hybridized carbons (Fsp3) is 0.500. The van der Waals surface area contributed by atoms with E-state index in [4.69, 9.17) is 10.5 Å². The molecule has 1 heterocycles. The molecule has 1 aliphatic heterocycles. The van der Waals surface area contributed by atoms with Gasteiger partial charge in [0.2, 0.25) is 0 Å². The van der Waals surface area contributed by atoms with Crippen molar-refractivity contribution in [1.29, 1.82) is 0 Å². The molecular formula is C14H17F3N2O2. The zero-order valence-electron chi connectivity index (χ0n) is 11.3. The molecule has 2 atom stereocenters. The number of nitrogens with two attached hydrogens (primary N) is 1. The van der Waals surface area contributed by atoms with Gasteiger partial charge in [-0.05, 0) is 18.4 Å². The van der Waals surface area contributed by atoms with Crippen molar-refractivity contribution in [3.8, 4) is 0 Å². The Morgan fingerprint density at radius 3 is 2.62 bits per heavy atom. The van der Waals surface area contributed by atoms with Crippen LogP contribution in [0.1, 0.15) is 18.4 Å². The minimum atomic E-state index is -4.50. The number of hydrogen-bond donors (Lipinski definition) is 1. The van der Waals surface area contributed by atoms with Crippen molar-refractivity contribution in [3.63, 3.8) is 0 Å². The molecule has 7 heteroatoms. The molecular weight excluding hydrogens is 285 g/mol. The molecule has 1 aliphatic rings. The highest BCUT2D eigenvalue weighted by atomic mass is 19.4. The van der Waals surface area contributed by atoms with Gasteiger partial charge in [0, 0.05) is 12.6 Å². The van der Waals surface area contributed by atoms with Crippen LogP contribution in [0.3, 0.4) is 0 Å². The van der Waals surface area contributed by atoms with Crippen LogP contribution in [0.15, 0.2) is 30.3 Å². The second-order valence-corrected chi connectivity index (χ2v) is 5.08. The average Bonchev–Trinajstić information content (AvgIpc) is 2.45. The Bertz CT molecular complexity index is 479. The average molecular weight is 302 g/mol. The lowest BCUT2D eigenvalue weighted by Crippen LogP contribution is -2.55. The van der Waals surface area contributed by atoms with Crippen LogP contribution < -0.4 is 5.73 Å². The Balaban J connectivity index is 1.99. The number of ether oxygens (including phenoxy) is 1. The van der Waals surface area contributed by atoms with Crippen molar-refractivity contribution >= 4 is 6.09 Å². The molecule has 1 aromatic rings. The van der Waals surface area contributed by atoms with E-state index in [0.29, 0.717) is 6.42 Å². The van der Waals surface area contributed by atoms with Gasteiger partial charge in [0.15, 0.2) is 0 Å². The van der Waals surface area contributed by atoms with Crippen LogP contribution in [0.4, 0.5) is 18.0 Å². The topological polar surface area (TPSA) is 55.6 Å². The van der Waals surface area contributed by atoms with Crippen molar-refractivity contribution in [3.05, 3.63) is 35.9 Å². The maximum Gasteiger partial charge on any atom is 0.410 e. The number of amides is 1. The molecule has 0 bridgehead atoms. The third-order valence-corrected chi connectivity index (χ3v) is 3.46. The van der Waals surface area contributed by atoms with Crippen LogP contribution in [0.5, 0.6) is 0 Å². The molecule has 1 saturated heterocycles. The lowest BCUT2D eigenvalue weighted by Gasteiger charge is -2.38. The summed E-state index contributed by atoms with van der Waals surface area (Å²) in [7, 11) is 0. The van der Waals surface area contributed by atoms with Crippen molar-refractivity contribution in [1.82, 2.24) is 4.90 Å². The Morgan fingerprint density at radius 2 is 2.00 bits per heavy atom. The second-order valence-electron chi connectivity index (χ2n) is 5.08. The number of carbonyl (C=O) groups excluding carboxylic acids is 1. The van der Waals surface area contributed by atoms with Gasteiger partial charge >= 0.3 is 12.3 Å². The maximum atomic E-state index is 13.0. The Hall–Kier alpha value is -1.76. The molecule has 4 nitrogen and oxygen atoms in total. The van der Waals surface area contributed by atoms with Gasteiger partial charge in [-0.15, -0.1) is 0 Å². The van der Waals surface area contributed by atoms with E-state index in [-0.39, 0.29) is 19.6 Å². The van der Waals surface area contributed by atoms with E-state index in [9.17, 15) is 18.0 Å². The normalized spacial score (nSPS) is 23.0. The standard InChI is InChI=1S/C14H17F3N2O2/c15-14(16,17)12-8-11(18)6-7-19(12)13(20)21-9-10-4-2-1-3-5-10/h1-5,11-12H,6-9,18H2. The molecule has 1 fully saturated rings. The highest BCUT2D eigenvalue weighted by Gasteiger charge is 2.48. The highest BCUT2D eigenvalue weighted by molar-refractivity contribution is 5.68. The predicted molar refractivity (Wildman–Crippen MR) is 70.4 cm³/mol. The summed E-state index contributed by atoms with van der Waals surface area (Å²) in [5, 5.41) is 0. The van der Waals surface area contributed by atoms with Crippen LogP contribution in [0, 0.1) is 0 Å². The van der Waals surface area contributed by atoms with Gasteiger partial charge in [0.25, 0.3) is 0 Å². The molecule has 2 unspecified atom stereocenters. The smallest absolute Gasteiger partial charge is 0.410 e. The van der Waals surface area contributed by atoms with E-state index < -0.39 is 24.4 Å².